The van der Waals surface area contributed by atoms with Crippen molar-refractivity contribution >= 4 is 0 Å². The Morgan fingerprint density at radius 1 is 0.909 bits per heavy atom. The highest BCUT2D eigenvalue weighted by Gasteiger charge is 2.15. The molecule has 0 radical (unpaired) electrons. The molecule has 2 aromatic carbocycles. The zero-order chi connectivity index (χ0) is 16.1. The molecule has 0 spiro atoms. The van der Waals surface area contributed by atoms with Crippen LogP contribution in [0.2, 0.25) is 0 Å². The van der Waals surface area contributed by atoms with Crippen LogP contribution in [0.5, 0.6) is 5.75 Å². The third-order valence-electron chi connectivity index (χ3n) is 3.86. The Morgan fingerprint density at radius 3 is 2.14 bits per heavy atom. The second-order valence-electron chi connectivity index (χ2n) is 6.51. The Hall–Kier alpha value is -1.76. The van der Waals surface area contributed by atoms with Crippen LogP contribution < -0.4 is 4.74 Å². The maximum absolute atomic E-state index is 6.13. The first kappa shape index (κ1) is 16.6. The Bertz CT molecular complexity index is 597. The molecule has 0 heterocycles. The Balaban J connectivity index is 2.42. The van der Waals surface area contributed by atoms with Gasteiger partial charge in [0.05, 0.1) is 6.10 Å². The third-order valence-corrected chi connectivity index (χ3v) is 3.86. The van der Waals surface area contributed by atoms with Crippen molar-refractivity contribution in [3.05, 3.63) is 64.7 Å². The monoisotopic (exact) mass is 296 g/mol. The maximum Gasteiger partial charge on any atom is 0.126 e. The molecular weight excluding hydrogens is 268 g/mol. The minimum Gasteiger partial charge on any atom is -0.490 e. The van der Waals surface area contributed by atoms with E-state index >= 15 is 0 Å². The lowest BCUT2D eigenvalue weighted by Gasteiger charge is -2.21. The average molecular weight is 296 g/mol. The summed E-state index contributed by atoms with van der Waals surface area (Å²) in [4.78, 5) is 0. The van der Waals surface area contributed by atoms with Crippen molar-refractivity contribution in [2.45, 2.75) is 59.5 Å². The summed E-state index contributed by atoms with van der Waals surface area (Å²) >= 11 is 0. The quantitative estimate of drug-likeness (QED) is 0.659. The summed E-state index contributed by atoms with van der Waals surface area (Å²) in [7, 11) is 0. The van der Waals surface area contributed by atoms with Gasteiger partial charge in [0.15, 0.2) is 0 Å². The molecule has 118 valence electrons. The van der Waals surface area contributed by atoms with E-state index in [0.717, 1.165) is 18.6 Å². The van der Waals surface area contributed by atoms with E-state index in [1.807, 2.05) is 0 Å². The van der Waals surface area contributed by atoms with Gasteiger partial charge in [-0.2, -0.15) is 0 Å². The van der Waals surface area contributed by atoms with Crippen LogP contribution >= 0.6 is 0 Å². The van der Waals surface area contributed by atoms with Gasteiger partial charge in [-0.05, 0) is 54.9 Å². The molecule has 0 bridgehead atoms. The van der Waals surface area contributed by atoms with Gasteiger partial charge in [-0.25, -0.2) is 0 Å². The molecule has 0 fully saturated rings. The molecule has 0 aliphatic rings. The van der Waals surface area contributed by atoms with E-state index in [-0.39, 0.29) is 6.10 Å². The smallest absolute Gasteiger partial charge is 0.126 e. The fourth-order valence-electron chi connectivity index (χ4n) is 2.79. The average Bonchev–Trinajstić information content (AvgIpc) is 2.48. The zero-order valence-electron chi connectivity index (χ0n) is 14.5. The molecule has 1 nitrogen and oxygen atoms in total. The second kappa shape index (κ2) is 7.49. The Morgan fingerprint density at radius 2 is 1.59 bits per heavy atom. The van der Waals surface area contributed by atoms with Gasteiger partial charge in [0, 0.05) is 0 Å². The highest BCUT2D eigenvalue weighted by Crippen LogP contribution is 2.33. The number of ether oxygens (including phenoxy) is 1. The summed E-state index contributed by atoms with van der Waals surface area (Å²) in [5.74, 6) is 1.57. The van der Waals surface area contributed by atoms with Crippen LogP contribution in [0.4, 0.5) is 0 Å². The van der Waals surface area contributed by atoms with E-state index in [1.165, 1.54) is 22.3 Å². The molecule has 0 aromatic heterocycles. The summed E-state index contributed by atoms with van der Waals surface area (Å²) in [5.41, 5.74) is 5.39. The van der Waals surface area contributed by atoms with Gasteiger partial charge in [0.2, 0.25) is 0 Å². The molecular formula is C21H28O. The summed E-state index contributed by atoms with van der Waals surface area (Å²) in [6.07, 6.45) is 2.20. The third kappa shape index (κ3) is 4.13. The van der Waals surface area contributed by atoms with E-state index in [9.17, 15) is 0 Å². The largest absolute Gasteiger partial charge is 0.490 e. The molecule has 0 unspecified atom stereocenters. The van der Waals surface area contributed by atoms with E-state index < -0.39 is 0 Å². The molecule has 0 atom stereocenters. The van der Waals surface area contributed by atoms with Gasteiger partial charge in [-0.15, -0.1) is 0 Å². The molecule has 2 aromatic rings. The minimum absolute atomic E-state index is 0.211. The summed E-state index contributed by atoms with van der Waals surface area (Å²) in [6, 6.07) is 15.3. The van der Waals surface area contributed by atoms with Crippen molar-refractivity contribution in [3.8, 4) is 5.75 Å². The van der Waals surface area contributed by atoms with Crippen LogP contribution in [0, 0.1) is 0 Å². The minimum atomic E-state index is 0.211. The fraction of sp³-hybridized carbons (Fsp3) is 0.429. The van der Waals surface area contributed by atoms with Crippen molar-refractivity contribution in [1.82, 2.24) is 0 Å². The molecule has 0 aliphatic heterocycles. The predicted molar refractivity (Wildman–Crippen MR) is 94.9 cm³/mol. The lowest BCUT2D eigenvalue weighted by Crippen LogP contribution is -2.11. The van der Waals surface area contributed by atoms with Crippen LogP contribution in [0.25, 0.3) is 0 Å². The molecule has 1 heteroatoms. The normalized spacial score (nSPS) is 11.2. The summed E-state index contributed by atoms with van der Waals surface area (Å²) < 4.78 is 6.13. The fourth-order valence-corrected chi connectivity index (χ4v) is 2.79. The maximum atomic E-state index is 6.13. The van der Waals surface area contributed by atoms with Crippen LogP contribution in [0.1, 0.15) is 62.8 Å². The highest BCUT2D eigenvalue weighted by atomic mass is 16.5. The van der Waals surface area contributed by atoms with Gasteiger partial charge in [0.1, 0.15) is 5.75 Å². The van der Waals surface area contributed by atoms with Crippen LogP contribution in [0.15, 0.2) is 42.5 Å². The van der Waals surface area contributed by atoms with Gasteiger partial charge in [-0.3, -0.25) is 0 Å². The number of hydrogen-bond donors (Lipinski definition) is 0. The molecule has 2 rings (SSSR count). The Kier molecular flexibility index (Phi) is 5.65. The van der Waals surface area contributed by atoms with E-state index in [1.54, 1.807) is 0 Å². The van der Waals surface area contributed by atoms with E-state index in [2.05, 4.69) is 77.1 Å². The second-order valence-corrected chi connectivity index (χ2v) is 6.51. The van der Waals surface area contributed by atoms with Gasteiger partial charge in [-0.1, -0.05) is 63.2 Å². The Labute approximate surface area is 135 Å². The van der Waals surface area contributed by atoms with Crippen LogP contribution in [-0.4, -0.2) is 6.10 Å². The first-order valence-electron chi connectivity index (χ1n) is 8.37. The first-order chi connectivity index (χ1) is 10.5. The van der Waals surface area contributed by atoms with E-state index in [0.29, 0.717) is 5.92 Å². The SMILES string of the molecule is CCc1cc(Cc2ccccc2)cc(C(C)C)c1OC(C)C. The van der Waals surface area contributed by atoms with Crippen molar-refractivity contribution in [2.75, 3.05) is 0 Å². The van der Waals surface area contributed by atoms with Gasteiger partial charge >= 0.3 is 0 Å². The molecule has 0 saturated carbocycles. The van der Waals surface area contributed by atoms with Crippen molar-refractivity contribution < 1.29 is 4.74 Å². The predicted octanol–water partition coefficient (Wildman–Crippen LogP) is 5.75. The molecule has 0 aliphatic carbocycles. The molecule has 0 amide bonds. The standard InChI is InChI=1S/C21H28O/c1-6-19-13-18(12-17-10-8-7-9-11-17)14-20(15(2)3)21(19)22-16(4)5/h7-11,13-16H,6,12H2,1-5H3. The number of benzene rings is 2. The molecule has 0 saturated heterocycles. The molecule has 22 heavy (non-hydrogen) atoms. The van der Waals surface area contributed by atoms with Gasteiger partial charge < -0.3 is 4.74 Å². The van der Waals surface area contributed by atoms with Crippen molar-refractivity contribution in [1.29, 1.82) is 0 Å². The van der Waals surface area contributed by atoms with Crippen LogP contribution in [-0.2, 0) is 12.8 Å². The van der Waals surface area contributed by atoms with Crippen molar-refractivity contribution in [3.63, 3.8) is 0 Å². The number of rotatable bonds is 6. The first-order valence-corrected chi connectivity index (χ1v) is 8.37. The van der Waals surface area contributed by atoms with Crippen molar-refractivity contribution in [2.24, 2.45) is 0 Å². The number of hydrogen-bond acceptors (Lipinski definition) is 1. The lowest BCUT2D eigenvalue weighted by molar-refractivity contribution is 0.237. The van der Waals surface area contributed by atoms with E-state index in [4.69, 9.17) is 4.74 Å². The highest BCUT2D eigenvalue weighted by molar-refractivity contribution is 5.47. The zero-order valence-corrected chi connectivity index (χ0v) is 14.5. The molecule has 0 N–H and O–H groups in total. The van der Waals surface area contributed by atoms with Gasteiger partial charge in [0.25, 0.3) is 0 Å². The summed E-state index contributed by atoms with van der Waals surface area (Å²) in [5, 5.41) is 0. The summed E-state index contributed by atoms with van der Waals surface area (Å²) in [6.45, 7) is 10.9. The van der Waals surface area contributed by atoms with Crippen LogP contribution in [0.3, 0.4) is 0 Å². The number of aryl methyl sites for hydroxylation is 1. The topological polar surface area (TPSA) is 9.23 Å². The lowest BCUT2D eigenvalue weighted by atomic mass is 9.92.